The van der Waals surface area contributed by atoms with E-state index in [1.165, 1.54) is 11.9 Å². The Morgan fingerprint density at radius 1 is 1.10 bits per heavy atom. The summed E-state index contributed by atoms with van der Waals surface area (Å²) in [6.45, 7) is 3.11. The van der Waals surface area contributed by atoms with Crippen molar-refractivity contribution in [3.63, 3.8) is 0 Å². The minimum atomic E-state index is 0.116. The first-order chi connectivity index (χ1) is 14.6. The number of fused-ring (bicyclic) bond motifs is 1. The fraction of sp³-hybridized carbons (Fsp3) is 0.522. The Morgan fingerprint density at radius 3 is 2.47 bits per heavy atom. The fourth-order valence-corrected chi connectivity index (χ4v) is 4.88. The van der Waals surface area contributed by atoms with Crippen LogP contribution in [0.15, 0.2) is 43.0 Å². The fourth-order valence-electron chi connectivity index (χ4n) is 4.88. The second kappa shape index (κ2) is 9.20. The predicted molar refractivity (Wildman–Crippen MR) is 116 cm³/mol. The smallest absolute Gasteiger partial charge is 0.236 e. The lowest BCUT2D eigenvalue weighted by Crippen LogP contribution is -2.68. The standard InChI is InChI=1S/C23H31N5O2/c1-26(2)14-22(30)27-9-3-4-10-28-20(13-27)23(21(28)15-29)18-7-5-17(6-8-18)19-11-24-16-25-12-19/h5-8,11-12,16,20-21,23,29H,3-4,9-10,13-15H2,1-2H3/t20-,21-,23-/m0/s1. The van der Waals surface area contributed by atoms with Crippen molar-refractivity contribution in [2.45, 2.75) is 30.8 Å². The van der Waals surface area contributed by atoms with Gasteiger partial charge < -0.3 is 14.9 Å². The van der Waals surface area contributed by atoms with E-state index in [9.17, 15) is 9.90 Å². The average Bonchev–Trinajstić information content (AvgIpc) is 2.73. The molecule has 2 saturated heterocycles. The van der Waals surface area contributed by atoms with Gasteiger partial charge in [0, 0.05) is 49.0 Å². The minimum absolute atomic E-state index is 0.116. The number of hydrogen-bond donors (Lipinski definition) is 1. The molecule has 0 unspecified atom stereocenters. The van der Waals surface area contributed by atoms with E-state index in [4.69, 9.17) is 0 Å². The molecule has 0 bridgehead atoms. The lowest BCUT2D eigenvalue weighted by molar-refractivity contribution is -0.137. The zero-order valence-corrected chi connectivity index (χ0v) is 17.8. The van der Waals surface area contributed by atoms with E-state index in [2.05, 4.69) is 39.1 Å². The van der Waals surface area contributed by atoms with Gasteiger partial charge in [-0.15, -0.1) is 0 Å². The van der Waals surface area contributed by atoms with Gasteiger partial charge in [0.05, 0.1) is 13.2 Å². The molecule has 30 heavy (non-hydrogen) atoms. The number of likely N-dealkylation sites (N-methyl/N-ethyl adjacent to an activating group) is 1. The number of carbonyl (C=O) groups excluding carboxylic acids is 1. The molecule has 2 aliphatic heterocycles. The van der Waals surface area contributed by atoms with E-state index in [1.54, 1.807) is 0 Å². The van der Waals surface area contributed by atoms with Crippen LogP contribution in [0.25, 0.3) is 11.1 Å². The molecule has 3 heterocycles. The molecule has 2 aromatic rings. The average molecular weight is 410 g/mol. The van der Waals surface area contributed by atoms with Crippen LogP contribution in [0, 0.1) is 0 Å². The lowest BCUT2D eigenvalue weighted by atomic mass is 9.74. The second-order valence-electron chi connectivity index (χ2n) is 8.61. The maximum atomic E-state index is 12.8. The number of aliphatic hydroxyl groups is 1. The van der Waals surface area contributed by atoms with Crippen LogP contribution in [-0.2, 0) is 4.79 Å². The molecule has 0 aliphatic carbocycles. The summed E-state index contributed by atoms with van der Waals surface area (Å²) in [7, 11) is 3.86. The van der Waals surface area contributed by atoms with E-state index in [-0.39, 0.29) is 30.5 Å². The zero-order valence-electron chi connectivity index (χ0n) is 17.8. The van der Waals surface area contributed by atoms with Gasteiger partial charge in [-0.2, -0.15) is 0 Å². The van der Waals surface area contributed by atoms with Crippen molar-refractivity contribution >= 4 is 5.91 Å². The number of aliphatic hydroxyl groups excluding tert-OH is 1. The largest absolute Gasteiger partial charge is 0.395 e. The molecule has 1 aromatic heterocycles. The number of amides is 1. The maximum absolute atomic E-state index is 12.8. The van der Waals surface area contributed by atoms with Gasteiger partial charge in [0.1, 0.15) is 6.33 Å². The summed E-state index contributed by atoms with van der Waals surface area (Å²) in [6, 6.07) is 8.87. The zero-order chi connectivity index (χ0) is 21.1. The Balaban J connectivity index is 1.55. The third kappa shape index (κ3) is 4.24. The molecule has 1 aromatic carbocycles. The number of benzene rings is 1. The topological polar surface area (TPSA) is 72.8 Å². The first-order valence-corrected chi connectivity index (χ1v) is 10.7. The Kier molecular flexibility index (Phi) is 6.41. The molecule has 3 atom stereocenters. The Hall–Kier alpha value is -2.35. The molecule has 0 radical (unpaired) electrons. The van der Waals surface area contributed by atoms with Crippen molar-refractivity contribution in [1.82, 2.24) is 24.7 Å². The van der Waals surface area contributed by atoms with E-state index in [0.717, 1.165) is 43.6 Å². The molecule has 160 valence electrons. The number of nitrogens with zero attached hydrogens (tertiary/aromatic N) is 5. The monoisotopic (exact) mass is 409 g/mol. The molecule has 2 fully saturated rings. The maximum Gasteiger partial charge on any atom is 0.236 e. The van der Waals surface area contributed by atoms with Gasteiger partial charge in [-0.3, -0.25) is 9.69 Å². The quantitative estimate of drug-likeness (QED) is 0.806. The summed E-state index contributed by atoms with van der Waals surface area (Å²) in [5, 5.41) is 10.1. The molecular weight excluding hydrogens is 378 g/mol. The molecule has 7 heteroatoms. The van der Waals surface area contributed by atoms with Crippen LogP contribution in [0.2, 0.25) is 0 Å². The van der Waals surface area contributed by atoms with Crippen LogP contribution >= 0.6 is 0 Å². The first-order valence-electron chi connectivity index (χ1n) is 10.7. The van der Waals surface area contributed by atoms with Crippen LogP contribution in [0.4, 0.5) is 0 Å². The molecule has 0 spiro atoms. The van der Waals surface area contributed by atoms with Crippen molar-refractivity contribution in [1.29, 1.82) is 0 Å². The van der Waals surface area contributed by atoms with Crippen LogP contribution in [-0.4, -0.2) is 94.6 Å². The number of aromatic nitrogens is 2. The third-order valence-electron chi connectivity index (χ3n) is 6.36. The van der Waals surface area contributed by atoms with Crippen molar-refractivity contribution in [2.75, 3.05) is 46.9 Å². The van der Waals surface area contributed by atoms with Gasteiger partial charge >= 0.3 is 0 Å². The molecule has 1 amide bonds. The summed E-state index contributed by atoms with van der Waals surface area (Å²) in [5.41, 5.74) is 3.29. The first kappa shape index (κ1) is 20.9. The van der Waals surface area contributed by atoms with Gasteiger partial charge in [0.2, 0.25) is 5.91 Å². The summed E-state index contributed by atoms with van der Waals surface area (Å²) in [6.07, 6.45) is 7.22. The van der Waals surface area contributed by atoms with E-state index < -0.39 is 0 Å². The van der Waals surface area contributed by atoms with Gasteiger partial charge in [-0.1, -0.05) is 24.3 Å². The molecule has 7 nitrogen and oxygen atoms in total. The molecule has 0 saturated carbocycles. The van der Waals surface area contributed by atoms with Crippen LogP contribution in [0.5, 0.6) is 0 Å². The number of rotatable bonds is 5. The van der Waals surface area contributed by atoms with E-state index in [1.807, 2.05) is 36.3 Å². The van der Waals surface area contributed by atoms with Crippen LogP contribution in [0.3, 0.4) is 0 Å². The highest BCUT2D eigenvalue weighted by molar-refractivity contribution is 5.78. The van der Waals surface area contributed by atoms with Crippen molar-refractivity contribution in [2.24, 2.45) is 0 Å². The van der Waals surface area contributed by atoms with Crippen molar-refractivity contribution in [3.05, 3.63) is 48.5 Å². The van der Waals surface area contributed by atoms with Gasteiger partial charge in [0.15, 0.2) is 0 Å². The van der Waals surface area contributed by atoms with E-state index in [0.29, 0.717) is 6.54 Å². The summed E-state index contributed by atoms with van der Waals surface area (Å²) < 4.78 is 0. The summed E-state index contributed by atoms with van der Waals surface area (Å²) in [4.78, 5) is 27.3. The normalized spacial score (nSPS) is 24.7. The van der Waals surface area contributed by atoms with Gasteiger partial charge in [0.25, 0.3) is 0 Å². The minimum Gasteiger partial charge on any atom is -0.395 e. The van der Waals surface area contributed by atoms with Crippen molar-refractivity contribution < 1.29 is 9.90 Å². The number of hydrogen-bond acceptors (Lipinski definition) is 6. The number of carbonyl (C=O) groups is 1. The molecule has 1 N–H and O–H groups in total. The molecular formula is C23H31N5O2. The van der Waals surface area contributed by atoms with Crippen molar-refractivity contribution in [3.8, 4) is 11.1 Å². The van der Waals surface area contributed by atoms with Crippen LogP contribution in [0.1, 0.15) is 24.3 Å². The highest BCUT2D eigenvalue weighted by Crippen LogP contribution is 2.42. The van der Waals surface area contributed by atoms with Crippen LogP contribution < -0.4 is 0 Å². The van der Waals surface area contributed by atoms with Gasteiger partial charge in [-0.05, 0) is 44.6 Å². The van der Waals surface area contributed by atoms with Gasteiger partial charge in [-0.25, -0.2) is 9.97 Å². The summed E-state index contributed by atoms with van der Waals surface area (Å²) >= 11 is 0. The second-order valence-corrected chi connectivity index (χ2v) is 8.61. The lowest BCUT2D eigenvalue weighted by Gasteiger charge is -2.57. The highest BCUT2D eigenvalue weighted by Gasteiger charge is 2.49. The highest BCUT2D eigenvalue weighted by atomic mass is 16.3. The Morgan fingerprint density at radius 2 is 1.80 bits per heavy atom. The summed E-state index contributed by atoms with van der Waals surface area (Å²) in [5.74, 6) is 0.413. The third-order valence-corrected chi connectivity index (χ3v) is 6.36. The molecule has 4 rings (SSSR count). The molecule has 2 aliphatic rings. The SMILES string of the molecule is CN(C)CC(=O)N1CCCCN2[C@@H](CO)[C@@H](c3ccc(-c4cncnc4)cc3)[C@@H]2C1. The predicted octanol–water partition coefficient (Wildman–Crippen LogP) is 1.46. The van der Waals surface area contributed by atoms with E-state index >= 15 is 0 Å². The Labute approximate surface area is 178 Å². The Bertz CT molecular complexity index is 842.